The van der Waals surface area contributed by atoms with Gasteiger partial charge in [0.2, 0.25) is 11.8 Å². The minimum atomic E-state index is -0.485. The number of aliphatic hydroxyl groups is 1. The smallest absolute Gasteiger partial charge is 0.244 e. The van der Waals surface area contributed by atoms with Gasteiger partial charge in [-0.2, -0.15) is 0 Å². The average Bonchev–Trinajstić information content (AvgIpc) is 2.16. The number of carbonyl (C=O) groups excluding carboxylic acids is 2. The molecule has 2 amide bonds. The average molecular weight is 216 g/mol. The van der Waals surface area contributed by atoms with Crippen LogP contribution in [0.3, 0.4) is 0 Å². The van der Waals surface area contributed by atoms with Crippen molar-refractivity contribution in [3.8, 4) is 0 Å². The summed E-state index contributed by atoms with van der Waals surface area (Å²) in [6.07, 6.45) is 1.61. The molecule has 0 aliphatic carbocycles. The number of rotatable bonds is 6. The fourth-order valence-corrected chi connectivity index (χ4v) is 1.16. The van der Waals surface area contributed by atoms with E-state index in [1.807, 2.05) is 0 Å². The second kappa shape index (κ2) is 7.23. The number of hydrogen-bond acceptors (Lipinski definition) is 3. The van der Waals surface area contributed by atoms with Crippen molar-refractivity contribution in [3.05, 3.63) is 0 Å². The topological polar surface area (TPSA) is 69.6 Å². The standard InChI is InChI=1S/C10H20N2O3/c1-8(10(15)12(2)3)11-9(14)6-4-5-7-13/h8,13H,4-7H2,1-3H3,(H,11,14). The molecule has 0 saturated heterocycles. The van der Waals surface area contributed by atoms with Gasteiger partial charge in [0.1, 0.15) is 6.04 Å². The van der Waals surface area contributed by atoms with E-state index in [1.54, 1.807) is 21.0 Å². The molecule has 0 saturated carbocycles. The van der Waals surface area contributed by atoms with Gasteiger partial charge in [-0.05, 0) is 19.8 Å². The summed E-state index contributed by atoms with van der Waals surface area (Å²) < 4.78 is 0. The molecule has 1 atom stereocenters. The molecule has 0 aromatic rings. The molecule has 0 radical (unpaired) electrons. The van der Waals surface area contributed by atoms with E-state index < -0.39 is 6.04 Å². The maximum Gasteiger partial charge on any atom is 0.244 e. The summed E-state index contributed by atoms with van der Waals surface area (Å²) in [5, 5.41) is 11.1. The lowest BCUT2D eigenvalue weighted by Gasteiger charge is -2.17. The van der Waals surface area contributed by atoms with E-state index in [4.69, 9.17) is 5.11 Å². The molecule has 88 valence electrons. The van der Waals surface area contributed by atoms with E-state index in [1.165, 1.54) is 4.90 Å². The van der Waals surface area contributed by atoms with Crippen molar-refractivity contribution < 1.29 is 14.7 Å². The molecule has 1 unspecified atom stereocenters. The maximum absolute atomic E-state index is 11.4. The van der Waals surface area contributed by atoms with E-state index in [2.05, 4.69) is 5.32 Å². The van der Waals surface area contributed by atoms with Gasteiger partial charge < -0.3 is 15.3 Å². The number of hydrogen-bond donors (Lipinski definition) is 2. The largest absolute Gasteiger partial charge is 0.396 e. The molecule has 15 heavy (non-hydrogen) atoms. The number of nitrogens with zero attached hydrogens (tertiary/aromatic N) is 1. The summed E-state index contributed by atoms with van der Waals surface area (Å²) in [6.45, 7) is 1.76. The lowest BCUT2D eigenvalue weighted by Crippen LogP contribution is -2.44. The van der Waals surface area contributed by atoms with Gasteiger partial charge in [0, 0.05) is 27.1 Å². The van der Waals surface area contributed by atoms with Crippen LogP contribution < -0.4 is 5.32 Å². The lowest BCUT2D eigenvalue weighted by molar-refractivity contribution is -0.133. The maximum atomic E-state index is 11.4. The molecule has 0 fully saturated rings. The van der Waals surface area contributed by atoms with Crippen LogP contribution in [0, 0.1) is 0 Å². The van der Waals surface area contributed by atoms with Crippen molar-refractivity contribution in [1.29, 1.82) is 0 Å². The third-order valence-electron chi connectivity index (χ3n) is 2.00. The molecular weight excluding hydrogens is 196 g/mol. The van der Waals surface area contributed by atoms with Gasteiger partial charge in [-0.25, -0.2) is 0 Å². The molecule has 2 N–H and O–H groups in total. The molecule has 0 rings (SSSR count). The van der Waals surface area contributed by atoms with E-state index in [0.717, 1.165) is 0 Å². The molecular formula is C10H20N2O3. The second-order valence-electron chi connectivity index (χ2n) is 3.70. The number of aliphatic hydroxyl groups excluding tert-OH is 1. The van der Waals surface area contributed by atoms with Crippen LogP contribution in [0.4, 0.5) is 0 Å². The van der Waals surface area contributed by atoms with E-state index in [0.29, 0.717) is 19.3 Å². The SMILES string of the molecule is CC(NC(=O)CCCCO)C(=O)N(C)C. The monoisotopic (exact) mass is 216 g/mol. The highest BCUT2D eigenvalue weighted by Crippen LogP contribution is 1.96. The van der Waals surface area contributed by atoms with Gasteiger partial charge >= 0.3 is 0 Å². The number of carbonyl (C=O) groups is 2. The Balaban J connectivity index is 3.81. The second-order valence-corrected chi connectivity index (χ2v) is 3.70. The van der Waals surface area contributed by atoms with Crippen LogP contribution in [0.5, 0.6) is 0 Å². The van der Waals surface area contributed by atoms with Crippen molar-refractivity contribution in [2.45, 2.75) is 32.2 Å². The molecule has 0 heterocycles. The number of likely N-dealkylation sites (N-methyl/N-ethyl adjacent to an activating group) is 1. The van der Waals surface area contributed by atoms with E-state index in [-0.39, 0.29) is 18.4 Å². The first-order valence-corrected chi connectivity index (χ1v) is 5.10. The Hall–Kier alpha value is -1.10. The Bertz CT molecular complexity index is 217. The zero-order valence-electron chi connectivity index (χ0n) is 9.62. The molecule has 0 aromatic heterocycles. The number of unbranched alkanes of at least 4 members (excludes halogenated alkanes) is 1. The van der Waals surface area contributed by atoms with Crippen molar-refractivity contribution >= 4 is 11.8 Å². The Morgan fingerprint density at radius 2 is 1.93 bits per heavy atom. The fourth-order valence-electron chi connectivity index (χ4n) is 1.16. The Morgan fingerprint density at radius 1 is 1.33 bits per heavy atom. The molecule has 0 aliphatic heterocycles. The van der Waals surface area contributed by atoms with Crippen LogP contribution in [0.25, 0.3) is 0 Å². The summed E-state index contributed by atoms with van der Waals surface area (Å²) >= 11 is 0. The summed E-state index contributed by atoms with van der Waals surface area (Å²) in [5.74, 6) is -0.267. The molecule has 0 bridgehead atoms. The molecule has 5 heteroatoms. The van der Waals surface area contributed by atoms with Gasteiger partial charge in [-0.3, -0.25) is 9.59 Å². The first kappa shape index (κ1) is 13.9. The van der Waals surface area contributed by atoms with Crippen LogP contribution in [0.1, 0.15) is 26.2 Å². The molecule has 0 spiro atoms. The molecule has 0 aliphatic rings. The zero-order valence-corrected chi connectivity index (χ0v) is 9.62. The third kappa shape index (κ3) is 6.06. The van der Waals surface area contributed by atoms with Gasteiger partial charge in [0.05, 0.1) is 0 Å². The normalized spacial score (nSPS) is 12.0. The fraction of sp³-hybridized carbons (Fsp3) is 0.800. The zero-order chi connectivity index (χ0) is 11.8. The van der Waals surface area contributed by atoms with Crippen molar-refractivity contribution in [3.63, 3.8) is 0 Å². The molecule has 0 aromatic carbocycles. The Kier molecular flexibility index (Phi) is 6.70. The first-order valence-electron chi connectivity index (χ1n) is 5.10. The minimum Gasteiger partial charge on any atom is -0.396 e. The van der Waals surface area contributed by atoms with Gasteiger partial charge in [-0.15, -0.1) is 0 Å². The van der Waals surface area contributed by atoms with Crippen LogP contribution in [-0.2, 0) is 9.59 Å². The lowest BCUT2D eigenvalue weighted by atomic mass is 10.2. The van der Waals surface area contributed by atoms with E-state index >= 15 is 0 Å². The van der Waals surface area contributed by atoms with Gasteiger partial charge in [0.15, 0.2) is 0 Å². The van der Waals surface area contributed by atoms with Crippen molar-refractivity contribution in [2.75, 3.05) is 20.7 Å². The van der Waals surface area contributed by atoms with Crippen molar-refractivity contribution in [2.24, 2.45) is 0 Å². The highest BCUT2D eigenvalue weighted by atomic mass is 16.3. The summed E-state index contributed by atoms with van der Waals surface area (Å²) in [4.78, 5) is 24.1. The Morgan fingerprint density at radius 3 is 2.40 bits per heavy atom. The Labute approximate surface area is 90.5 Å². The van der Waals surface area contributed by atoms with Gasteiger partial charge in [0.25, 0.3) is 0 Å². The van der Waals surface area contributed by atoms with Crippen LogP contribution in [-0.4, -0.2) is 48.6 Å². The van der Waals surface area contributed by atoms with Crippen molar-refractivity contribution in [1.82, 2.24) is 10.2 Å². The van der Waals surface area contributed by atoms with Gasteiger partial charge in [-0.1, -0.05) is 0 Å². The van der Waals surface area contributed by atoms with Crippen LogP contribution >= 0.6 is 0 Å². The quantitative estimate of drug-likeness (QED) is 0.601. The number of amides is 2. The molecule has 5 nitrogen and oxygen atoms in total. The third-order valence-corrected chi connectivity index (χ3v) is 2.00. The van der Waals surface area contributed by atoms with Crippen LogP contribution in [0.15, 0.2) is 0 Å². The minimum absolute atomic E-state index is 0.0967. The van der Waals surface area contributed by atoms with Crippen LogP contribution in [0.2, 0.25) is 0 Å². The predicted molar refractivity (Wildman–Crippen MR) is 57.2 cm³/mol. The van der Waals surface area contributed by atoms with E-state index in [9.17, 15) is 9.59 Å². The summed E-state index contributed by atoms with van der Waals surface area (Å²) in [5.41, 5.74) is 0. The summed E-state index contributed by atoms with van der Waals surface area (Å²) in [7, 11) is 3.30. The summed E-state index contributed by atoms with van der Waals surface area (Å²) in [6, 6.07) is -0.485. The number of nitrogens with one attached hydrogen (secondary N) is 1. The highest BCUT2D eigenvalue weighted by Gasteiger charge is 2.16. The predicted octanol–water partition coefficient (Wildman–Crippen LogP) is -0.258. The first-order chi connectivity index (χ1) is 6.99. The highest BCUT2D eigenvalue weighted by molar-refractivity contribution is 5.86.